The van der Waals surface area contributed by atoms with E-state index >= 15 is 0 Å². The molecule has 1 aliphatic rings. The highest BCUT2D eigenvalue weighted by molar-refractivity contribution is 5.85. The first-order valence-corrected chi connectivity index (χ1v) is 7.34. The minimum atomic E-state index is -0.0736. The number of hydrogen-bond donors (Lipinski definition) is 2. The summed E-state index contributed by atoms with van der Waals surface area (Å²) in [5, 5.41) is 6.29. The highest BCUT2D eigenvalue weighted by Gasteiger charge is 2.32. The molecule has 126 valence electrons. The molecule has 21 heavy (non-hydrogen) atoms. The van der Waals surface area contributed by atoms with Crippen LogP contribution in [0, 0.1) is 5.41 Å². The van der Waals surface area contributed by atoms with Crippen LogP contribution in [-0.4, -0.2) is 65.7 Å². The molecule has 0 radical (unpaired) electrons. The fourth-order valence-corrected chi connectivity index (χ4v) is 2.40. The number of nitrogens with one attached hydrogen (secondary N) is 2. The number of ether oxygens (including phenoxy) is 3. The summed E-state index contributed by atoms with van der Waals surface area (Å²) in [5.41, 5.74) is 0.0565. The van der Waals surface area contributed by atoms with E-state index in [1.165, 1.54) is 0 Å². The predicted molar refractivity (Wildman–Crippen MR) is 84.0 cm³/mol. The summed E-state index contributed by atoms with van der Waals surface area (Å²) in [7, 11) is 1.71. The lowest BCUT2D eigenvalue weighted by atomic mass is 9.79. The summed E-state index contributed by atoms with van der Waals surface area (Å²) in [5.74, 6) is -0.0736. The fourth-order valence-electron chi connectivity index (χ4n) is 2.40. The van der Waals surface area contributed by atoms with Gasteiger partial charge in [0.15, 0.2) is 0 Å². The van der Waals surface area contributed by atoms with Crippen molar-refractivity contribution in [2.45, 2.75) is 19.8 Å². The van der Waals surface area contributed by atoms with Crippen LogP contribution in [-0.2, 0) is 19.0 Å². The maximum atomic E-state index is 11.7. The summed E-state index contributed by atoms with van der Waals surface area (Å²) < 4.78 is 15.7. The molecular weight excluding hydrogens is 296 g/mol. The van der Waals surface area contributed by atoms with Gasteiger partial charge in [0.25, 0.3) is 0 Å². The molecule has 0 aromatic rings. The second-order valence-electron chi connectivity index (χ2n) is 5.21. The van der Waals surface area contributed by atoms with Crippen molar-refractivity contribution in [3.63, 3.8) is 0 Å². The number of halogens is 1. The van der Waals surface area contributed by atoms with E-state index in [0.29, 0.717) is 33.0 Å². The van der Waals surface area contributed by atoms with Gasteiger partial charge < -0.3 is 24.8 Å². The van der Waals surface area contributed by atoms with Crippen LogP contribution in [0.15, 0.2) is 0 Å². The van der Waals surface area contributed by atoms with Gasteiger partial charge in [-0.2, -0.15) is 0 Å². The largest absolute Gasteiger partial charge is 0.384 e. The van der Waals surface area contributed by atoms with E-state index in [9.17, 15) is 4.79 Å². The summed E-state index contributed by atoms with van der Waals surface area (Å²) >= 11 is 0. The van der Waals surface area contributed by atoms with Crippen molar-refractivity contribution in [1.29, 1.82) is 0 Å². The van der Waals surface area contributed by atoms with Crippen LogP contribution in [0.1, 0.15) is 19.8 Å². The molecule has 0 spiro atoms. The number of piperidine rings is 1. The second-order valence-corrected chi connectivity index (χ2v) is 5.21. The summed E-state index contributed by atoms with van der Waals surface area (Å²) in [4.78, 5) is 11.7. The van der Waals surface area contributed by atoms with Crippen molar-refractivity contribution < 1.29 is 19.0 Å². The van der Waals surface area contributed by atoms with Crippen molar-refractivity contribution in [3.05, 3.63) is 0 Å². The lowest BCUT2D eigenvalue weighted by Crippen LogP contribution is -2.47. The van der Waals surface area contributed by atoms with E-state index in [2.05, 4.69) is 10.6 Å². The fraction of sp³-hybridized carbons (Fsp3) is 0.929. The van der Waals surface area contributed by atoms with Crippen LogP contribution in [0.2, 0.25) is 0 Å². The molecule has 1 heterocycles. The highest BCUT2D eigenvalue weighted by Crippen LogP contribution is 2.28. The molecule has 1 fully saturated rings. The third-order valence-corrected chi connectivity index (χ3v) is 3.58. The number of hydrogen-bond acceptors (Lipinski definition) is 5. The maximum Gasteiger partial charge on any atom is 0.246 e. The Balaban J connectivity index is 0.00000400. The molecule has 1 amide bonds. The van der Waals surface area contributed by atoms with E-state index in [1.807, 2.05) is 6.92 Å². The van der Waals surface area contributed by atoms with E-state index in [1.54, 1.807) is 7.11 Å². The molecule has 2 N–H and O–H groups in total. The third kappa shape index (κ3) is 8.58. The first-order valence-electron chi connectivity index (χ1n) is 7.34. The van der Waals surface area contributed by atoms with Crippen LogP contribution >= 0.6 is 12.4 Å². The Morgan fingerprint density at radius 2 is 1.90 bits per heavy atom. The van der Waals surface area contributed by atoms with Crippen molar-refractivity contribution in [2.75, 3.05) is 59.8 Å². The average Bonchev–Trinajstić information content (AvgIpc) is 2.46. The third-order valence-electron chi connectivity index (χ3n) is 3.58. The number of carbonyl (C=O) groups is 1. The molecule has 0 aromatic heterocycles. The Bertz CT molecular complexity index is 268. The van der Waals surface area contributed by atoms with Gasteiger partial charge in [-0.25, -0.2) is 0 Å². The topological polar surface area (TPSA) is 68.8 Å². The van der Waals surface area contributed by atoms with Crippen molar-refractivity contribution in [3.8, 4) is 0 Å². The molecule has 0 saturated carbocycles. The van der Waals surface area contributed by atoms with Gasteiger partial charge in [0.05, 0.1) is 19.8 Å². The predicted octanol–water partition coefficient (Wildman–Crippen LogP) is 0.594. The van der Waals surface area contributed by atoms with Crippen LogP contribution < -0.4 is 10.6 Å². The highest BCUT2D eigenvalue weighted by atomic mass is 35.5. The molecule has 0 unspecified atom stereocenters. The molecule has 1 aliphatic heterocycles. The standard InChI is InChI=1S/C14H28N2O4.ClH/c1-3-19-8-9-20-10-13(17)16-11-14(12-18-2)4-6-15-7-5-14;/h15H,3-12H2,1-2H3,(H,16,17);1H. The Morgan fingerprint density at radius 3 is 2.52 bits per heavy atom. The smallest absolute Gasteiger partial charge is 0.246 e. The molecule has 7 heteroatoms. The summed E-state index contributed by atoms with van der Waals surface area (Å²) in [6.45, 7) is 6.96. The summed E-state index contributed by atoms with van der Waals surface area (Å²) in [6, 6.07) is 0. The second kappa shape index (κ2) is 12.2. The molecule has 6 nitrogen and oxygen atoms in total. The van der Waals surface area contributed by atoms with Crippen molar-refractivity contribution in [1.82, 2.24) is 10.6 Å². The van der Waals surface area contributed by atoms with Crippen LogP contribution in [0.4, 0.5) is 0 Å². The number of amides is 1. The number of rotatable bonds is 10. The SMILES string of the molecule is CCOCCOCC(=O)NCC1(COC)CCNCC1.Cl. The van der Waals surface area contributed by atoms with Gasteiger partial charge in [0, 0.05) is 25.7 Å². The Morgan fingerprint density at radius 1 is 1.24 bits per heavy atom. The molecular formula is C14H29ClN2O4. The van der Waals surface area contributed by atoms with Crippen LogP contribution in [0.5, 0.6) is 0 Å². The average molecular weight is 325 g/mol. The zero-order valence-electron chi connectivity index (χ0n) is 13.1. The van der Waals surface area contributed by atoms with E-state index < -0.39 is 0 Å². The lowest BCUT2D eigenvalue weighted by molar-refractivity contribution is -0.127. The minimum Gasteiger partial charge on any atom is -0.384 e. The van der Waals surface area contributed by atoms with Gasteiger partial charge >= 0.3 is 0 Å². The van der Waals surface area contributed by atoms with Crippen LogP contribution in [0.25, 0.3) is 0 Å². The molecule has 1 saturated heterocycles. The normalized spacial score (nSPS) is 17.0. The minimum absolute atomic E-state index is 0. The Labute approximate surface area is 133 Å². The van der Waals surface area contributed by atoms with Gasteiger partial charge in [-0.05, 0) is 32.9 Å². The Kier molecular flexibility index (Phi) is 11.9. The first-order chi connectivity index (χ1) is 9.72. The molecule has 0 aliphatic carbocycles. The van der Waals surface area contributed by atoms with Crippen molar-refractivity contribution in [2.24, 2.45) is 5.41 Å². The zero-order valence-corrected chi connectivity index (χ0v) is 13.9. The van der Waals surface area contributed by atoms with Gasteiger partial charge in [0.2, 0.25) is 5.91 Å². The first kappa shape index (κ1) is 20.6. The van der Waals surface area contributed by atoms with E-state index in [0.717, 1.165) is 25.9 Å². The lowest BCUT2D eigenvalue weighted by Gasteiger charge is -2.37. The summed E-state index contributed by atoms with van der Waals surface area (Å²) in [6.07, 6.45) is 2.04. The quantitative estimate of drug-likeness (QED) is 0.576. The molecule has 0 bridgehead atoms. The zero-order chi connectivity index (χ0) is 14.7. The van der Waals surface area contributed by atoms with E-state index in [-0.39, 0.29) is 30.3 Å². The van der Waals surface area contributed by atoms with Gasteiger partial charge in [-0.15, -0.1) is 12.4 Å². The number of methoxy groups -OCH3 is 1. The number of carbonyl (C=O) groups excluding carboxylic acids is 1. The molecule has 1 rings (SSSR count). The monoisotopic (exact) mass is 324 g/mol. The van der Waals surface area contributed by atoms with Gasteiger partial charge in [0.1, 0.15) is 6.61 Å². The Hall–Kier alpha value is -0.400. The van der Waals surface area contributed by atoms with E-state index in [4.69, 9.17) is 14.2 Å². The van der Waals surface area contributed by atoms with Crippen LogP contribution in [0.3, 0.4) is 0 Å². The van der Waals surface area contributed by atoms with Gasteiger partial charge in [-0.1, -0.05) is 0 Å². The maximum absolute atomic E-state index is 11.7. The molecule has 0 atom stereocenters. The van der Waals surface area contributed by atoms with Gasteiger partial charge in [-0.3, -0.25) is 4.79 Å². The molecule has 0 aromatic carbocycles. The van der Waals surface area contributed by atoms with Crippen molar-refractivity contribution >= 4 is 18.3 Å².